The number of pyridine rings is 1. The van der Waals surface area contributed by atoms with Crippen molar-refractivity contribution in [1.82, 2.24) is 20.3 Å². The SMILES string of the molecule is CCNC(=O)Nc1ccc(-c2nc(N3CCOCC3)cc(C3(S(=O)(=O)c4ccncc4)CC3)n2)cc1. The molecule has 0 unspecified atom stereocenters. The number of ether oxygens (including phenoxy) is 1. The first-order valence-electron chi connectivity index (χ1n) is 12.0. The Kier molecular flexibility index (Phi) is 6.59. The van der Waals surface area contributed by atoms with Crippen LogP contribution in [0.25, 0.3) is 11.4 Å². The lowest BCUT2D eigenvalue weighted by atomic mass is 10.1. The molecule has 11 heteroatoms. The normalized spacial score (nSPS) is 16.9. The molecule has 10 nitrogen and oxygen atoms in total. The number of hydrogen-bond acceptors (Lipinski definition) is 8. The fourth-order valence-corrected chi connectivity index (χ4v) is 6.26. The van der Waals surface area contributed by atoms with Gasteiger partial charge in [-0.05, 0) is 56.2 Å². The van der Waals surface area contributed by atoms with Crippen LogP contribution in [0.3, 0.4) is 0 Å². The summed E-state index contributed by atoms with van der Waals surface area (Å²) in [5.74, 6) is 1.12. The van der Waals surface area contributed by atoms with Crippen molar-refractivity contribution < 1.29 is 17.9 Å². The first kappa shape index (κ1) is 24.1. The number of amides is 2. The number of carbonyl (C=O) groups excluding carboxylic acids is 1. The molecule has 1 aliphatic carbocycles. The zero-order valence-electron chi connectivity index (χ0n) is 20.0. The average Bonchev–Trinajstić information content (AvgIpc) is 3.73. The first-order chi connectivity index (χ1) is 17.4. The molecule has 36 heavy (non-hydrogen) atoms. The van der Waals surface area contributed by atoms with Gasteiger partial charge < -0.3 is 20.3 Å². The third-order valence-electron chi connectivity index (χ3n) is 6.43. The molecule has 2 aromatic heterocycles. The Morgan fingerprint density at radius 1 is 1.06 bits per heavy atom. The number of urea groups is 1. The van der Waals surface area contributed by atoms with Gasteiger partial charge in [-0.2, -0.15) is 0 Å². The van der Waals surface area contributed by atoms with Crippen LogP contribution >= 0.6 is 0 Å². The molecule has 2 N–H and O–H groups in total. The summed E-state index contributed by atoms with van der Waals surface area (Å²) in [7, 11) is -3.68. The maximum atomic E-state index is 13.7. The molecule has 0 bridgehead atoms. The zero-order chi connectivity index (χ0) is 25.2. The van der Waals surface area contributed by atoms with E-state index in [1.165, 1.54) is 24.5 Å². The lowest BCUT2D eigenvalue weighted by Gasteiger charge is -2.29. The van der Waals surface area contributed by atoms with E-state index >= 15 is 0 Å². The van der Waals surface area contributed by atoms with E-state index in [9.17, 15) is 13.2 Å². The van der Waals surface area contributed by atoms with Crippen molar-refractivity contribution in [2.75, 3.05) is 43.1 Å². The summed E-state index contributed by atoms with van der Waals surface area (Å²) < 4.78 is 31.8. The van der Waals surface area contributed by atoms with Crippen LogP contribution in [-0.4, -0.2) is 62.2 Å². The smallest absolute Gasteiger partial charge is 0.319 e. The minimum Gasteiger partial charge on any atom is -0.378 e. The van der Waals surface area contributed by atoms with E-state index in [2.05, 4.69) is 20.5 Å². The maximum absolute atomic E-state index is 13.7. The summed E-state index contributed by atoms with van der Waals surface area (Å²) in [5, 5.41) is 5.46. The molecule has 2 amide bonds. The highest BCUT2D eigenvalue weighted by molar-refractivity contribution is 7.92. The second-order valence-electron chi connectivity index (χ2n) is 8.78. The van der Waals surface area contributed by atoms with Gasteiger partial charge in [0.1, 0.15) is 10.6 Å². The fourth-order valence-electron chi connectivity index (χ4n) is 4.31. The molecular formula is C25H28N6O4S. The number of hydrogen-bond donors (Lipinski definition) is 2. The zero-order valence-corrected chi connectivity index (χ0v) is 20.8. The highest BCUT2D eigenvalue weighted by Crippen LogP contribution is 2.55. The van der Waals surface area contributed by atoms with Crippen molar-refractivity contribution in [3.63, 3.8) is 0 Å². The Bertz CT molecular complexity index is 1340. The van der Waals surface area contributed by atoms with E-state index in [-0.39, 0.29) is 10.9 Å². The largest absolute Gasteiger partial charge is 0.378 e. The van der Waals surface area contributed by atoms with Crippen molar-refractivity contribution in [2.45, 2.75) is 29.4 Å². The van der Waals surface area contributed by atoms with Crippen LogP contribution < -0.4 is 15.5 Å². The molecule has 2 fully saturated rings. The number of rotatable bonds is 7. The third kappa shape index (κ3) is 4.63. The number of carbonyl (C=O) groups is 1. The maximum Gasteiger partial charge on any atom is 0.319 e. The Morgan fingerprint density at radius 2 is 1.75 bits per heavy atom. The first-order valence-corrected chi connectivity index (χ1v) is 13.4. The average molecular weight is 509 g/mol. The van der Waals surface area contributed by atoms with Crippen molar-refractivity contribution in [2.24, 2.45) is 0 Å². The summed E-state index contributed by atoms with van der Waals surface area (Å²) >= 11 is 0. The predicted molar refractivity (Wildman–Crippen MR) is 136 cm³/mol. The summed E-state index contributed by atoms with van der Waals surface area (Å²) in [6, 6.07) is 11.8. The van der Waals surface area contributed by atoms with E-state index in [1.807, 2.05) is 25.1 Å². The van der Waals surface area contributed by atoms with Gasteiger partial charge in [0.05, 0.1) is 23.8 Å². The van der Waals surface area contributed by atoms with Crippen molar-refractivity contribution in [1.29, 1.82) is 0 Å². The molecule has 1 aromatic carbocycles. The molecule has 0 atom stereocenters. The second kappa shape index (κ2) is 9.82. The van der Waals surface area contributed by atoms with Gasteiger partial charge in [-0.3, -0.25) is 4.98 Å². The summed E-state index contributed by atoms with van der Waals surface area (Å²) in [4.78, 5) is 27.7. The van der Waals surface area contributed by atoms with Crippen LogP contribution in [0.15, 0.2) is 59.8 Å². The second-order valence-corrected chi connectivity index (χ2v) is 11.0. The summed E-state index contributed by atoms with van der Waals surface area (Å²) in [6.07, 6.45) is 3.96. The van der Waals surface area contributed by atoms with Crippen molar-refractivity contribution >= 4 is 27.4 Å². The molecule has 188 valence electrons. The topological polar surface area (TPSA) is 126 Å². The minimum atomic E-state index is -3.68. The number of sulfone groups is 1. The van der Waals surface area contributed by atoms with Crippen LogP contribution in [0, 0.1) is 0 Å². The van der Waals surface area contributed by atoms with Gasteiger partial charge in [0.15, 0.2) is 15.7 Å². The number of nitrogens with zero attached hydrogens (tertiary/aromatic N) is 4. The summed E-state index contributed by atoms with van der Waals surface area (Å²) in [6.45, 7) is 4.86. The number of morpholine rings is 1. The van der Waals surface area contributed by atoms with Crippen LogP contribution in [-0.2, 0) is 19.3 Å². The van der Waals surface area contributed by atoms with Crippen molar-refractivity contribution in [3.05, 3.63) is 60.6 Å². The Labute approximate surface area is 210 Å². The molecule has 1 saturated carbocycles. The Balaban J connectivity index is 1.54. The van der Waals surface area contributed by atoms with Crippen LogP contribution in [0.2, 0.25) is 0 Å². The highest BCUT2D eigenvalue weighted by Gasteiger charge is 2.58. The van der Waals surface area contributed by atoms with Gasteiger partial charge >= 0.3 is 6.03 Å². The molecule has 1 saturated heterocycles. The van der Waals surface area contributed by atoms with Gasteiger partial charge in [-0.15, -0.1) is 0 Å². The molecule has 1 aliphatic heterocycles. The standard InChI is InChI=1S/C25H28N6O4S/c1-2-27-24(32)28-19-5-3-18(4-6-19)23-29-21(17-22(30-23)31-13-15-35-16-14-31)25(9-10-25)36(33,34)20-7-11-26-12-8-20/h3-8,11-12,17H,2,9-10,13-16H2,1H3,(H2,27,28,32). The van der Waals surface area contributed by atoms with Gasteiger partial charge in [0.25, 0.3) is 0 Å². The van der Waals surface area contributed by atoms with E-state index in [0.29, 0.717) is 68.7 Å². The number of benzene rings is 1. The van der Waals surface area contributed by atoms with E-state index in [0.717, 1.165) is 5.56 Å². The molecular weight excluding hydrogens is 480 g/mol. The predicted octanol–water partition coefficient (Wildman–Crippen LogP) is 2.98. The molecule has 2 aliphatic rings. The van der Waals surface area contributed by atoms with Crippen molar-refractivity contribution in [3.8, 4) is 11.4 Å². The summed E-state index contributed by atoms with van der Waals surface area (Å²) in [5.41, 5.74) is 1.86. The number of aromatic nitrogens is 3. The Hall–Kier alpha value is -3.57. The number of nitrogens with one attached hydrogen (secondary N) is 2. The van der Waals surface area contributed by atoms with E-state index in [4.69, 9.17) is 14.7 Å². The van der Waals surface area contributed by atoms with Crippen LogP contribution in [0.1, 0.15) is 25.5 Å². The number of anilines is 2. The Morgan fingerprint density at radius 3 is 2.39 bits per heavy atom. The van der Waals surface area contributed by atoms with E-state index in [1.54, 1.807) is 12.1 Å². The van der Waals surface area contributed by atoms with Gasteiger partial charge in [0, 0.05) is 49.3 Å². The van der Waals surface area contributed by atoms with Gasteiger partial charge in [-0.25, -0.2) is 23.2 Å². The fraction of sp³-hybridized carbons (Fsp3) is 0.360. The van der Waals surface area contributed by atoms with E-state index < -0.39 is 14.6 Å². The van der Waals surface area contributed by atoms with Gasteiger partial charge in [0.2, 0.25) is 0 Å². The molecule has 0 radical (unpaired) electrons. The third-order valence-corrected chi connectivity index (χ3v) is 8.97. The van der Waals surface area contributed by atoms with Gasteiger partial charge in [-0.1, -0.05) is 0 Å². The highest BCUT2D eigenvalue weighted by atomic mass is 32.2. The molecule has 3 aromatic rings. The van der Waals surface area contributed by atoms with Crippen LogP contribution in [0.5, 0.6) is 0 Å². The molecule has 3 heterocycles. The molecule has 0 spiro atoms. The quantitative estimate of drug-likeness (QED) is 0.499. The minimum absolute atomic E-state index is 0.240. The molecule has 5 rings (SSSR count). The lowest BCUT2D eigenvalue weighted by molar-refractivity contribution is 0.122. The monoisotopic (exact) mass is 508 g/mol. The van der Waals surface area contributed by atoms with Crippen LogP contribution in [0.4, 0.5) is 16.3 Å². The lowest BCUT2D eigenvalue weighted by Crippen LogP contribution is -2.37.